The minimum Gasteiger partial charge on any atom is -0.350 e. The molecule has 0 aliphatic heterocycles. The average Bonchev–Trinajstić information content (AvgIpc) is 3.41. The van der Waals surface area contributed by atoms with E-state index in [1.165, 1.54) is 17.3 Å². The number of carbonyl (C=O) groups is 1. The number of amides is 1. The van der Waals surface area contributed by atoms with Gasteiger partial charge < -0.3 is 5.32 Å². The van der Waals surface area contributed by atoms with Crippen LogP contribution in [0.15, 0.2) is 60.5 Å². The molecule has 0 atom stereocenters. The lowest BCUT2D eigenvalue weighted by atomic mass is 10.2. The number of carbonyl (C=O) groups excluding carboxylic acids is 1. The van der Waals surface area contributed by atoms with Crippen LogP contribution in [0.2, 0.25) is 0 Å². The van der Waals surface area contributed by atoms with E-state index in [0.717, 1.165) is 16.3 Å². The highest BCUT2D eigenvalue weighted by Gasteiger charge is 2.10. The third-order valence-electron chi connectivity index (χ3n) is 3.78. The highest BCUT2D eigenvalue weighted by Crippen LogP contribution is 2.23. The van der Waals surface area contributed by atoms with Gasteiger partial charge in [-0.25, -0.2) is 14.6 Å². The van der Waals surface area contributed by atoms with Crippen LogP contribution in [0.4, 0.5) is 0 Å². The number of aromatic nitrogens is 6. The summed E-state index contributed by atoms with van der Waals surface area (Å²) in [7, 11) is 0. The second-order valence-electron chi connectivity index (χ2n) is 5.63. The van der Waals surface area contributed by atoms with Crippen LogP contribution in [0, 0.1) is 0 Å². The Morgan fingerprint density at radius 1 is 1.11 bits per heavy atom. The van der Waals surface area contributed by atoms with Gasteiger partial charge in [-0.1, -0.05) is 30.3 Å². The molecule has 4 aromatic rings. The molecule has 27 heavy (non-hydrogen) atoms. The molecule has 3 heterocycles. The molecule has 0 saturated carbocycles. The van der Waals surface area contributed by atoms with Gasteiger partial charge in [0.05, 0.1) is 5.69 Å². The zero-order valence-corrected chi connectivity index (χ0v) is 15.0. The van der Waals surface area contributed by atoms with Crippen molar-refractivity contribution in [2.24, 2.45) is 0 Å². The van der Waals surface area contributed by atoms with E-state index in [1.54, 1.807) is 23.5 Å². The second-order valence-corrected chi connectivity index (χ2v) is 6.49. The van der Waals surface area contributed by atoms with E-state index in [2.05, 4.69) is 30.6 Å². The number of thiazole rings is 1. The first-order chi connectivity index (χ1) is 13.3. The van der Waals surface area contributed by atoms with Gasteiger partial charge in [0.1, 0.15) is 17.7 Å². The largest absolute Gasteiger partial charge is 0.350 e. The van der Waals surface area contributed by atoms with Crippen LogP contribution >= 0.6 is 11.3 Å². The molecule has 9 heteroatoms. The van der Waals surface area contributed by atoms with E-state index >= 15 is 0 Å². The van der Waals surface area contributed by atoms with Gasteiger partial charge >= 0.3 is 0 Å². The molecule has 0 aliphatic carbocycles. The quantitative estimate of drug-likeness (QED) is 0.553. The Labute approximate surface area is 159 Å². The van der Waals surface area contributed by atoms with Gasteiger partial charge in [0.15, 0.2) is 11.5 Å². The highest BCUT2D eigenvalue weighted by atomic mass is 32.1. The number of hydrogen-bond donors (Lipinski definition) is 1. The molecule has 0 unspecified atom stereocenters. The minimum atomic E-state index is -0.272. The maximum absolute atomic E-state index is 12.2. The summed E-state index contributed by atoms with van der Waals surface area (Å²) in [5.74, 6) is 0.228. The Morgan fingerprint density at radius 2 is 2.00 bits per heavy atom. The van der Waals surface area contributed by atoms with Crippen molar-refractivity contribution < 1.29 is 4.79 Å². The highest BCUT2D eigenvalue weighted by molar-refractivity contribution is 7.13. The summed E-state index contributed by atoms with van der Waals surface area (Å²) in [6.45, 7) is 0.475. The van der Waals surface area contributed by atoms with Gasteiger partial charge in [0.25, 0.3) is 5.91 Å². The van der Waals surface area contributed by atoms with Crippen LogP contribution in [0.1, 0.15) is 16.2 Å². The standard InChI is InChI=1S/C18H15N7OS/c26-17(15-6-7-16(24-23-15)25-12-19-11-21-25)20-9-8-14-10-27-18(22-14)13-4-2-1-3-5-13/h1-7,10-12H,8-9H2,(H,20,26). The molecule has 0 bridgehead atoms. The molecular weight excluding hydrogens is 362 g/mol. The molecule has 0 spiro atoms. The SMILES string of the molecule is O=C(NCCc1csc(-c2ccccc2)n1)c1ccc(-n2cncn2)nn1. The number of nitrogens with one attached hydrogen (secondary N) is 1. The maximum Gasteiger partial charge on any atom is 0.271 e. The summed E-state index contributed by atoms with van der Waals surface area (Å²) in [6, 6.07) is 13.3. The Bertz CT molecular complexity index is 1010. The van der Waals surface area contributed by atoms with Crippen molar-refractivity contribution >= 4 is 17.2 Å². The minimum absolute atomic E-state index is 0.252. The van der Waals surface area contributed by atoms with E-state index < -0.39 is 0 Å². The molecule has 0 radical (unpaired) electrons. The summed E-state index contributed by atoms with van der Waals surface area (Å²) < 4.78 is 1.47. The first-order valence-electron chi connectivity index (χ1n) is 8.26. The lowest BCUT2D eigenvalue weighted by molar-refractivity contribution is 0.0948. The number of hydrogen-bond acceptors (Lipinski definition) is 7. The van der Waals surface area contributed by atoms with E-state index in [-0.39, 0.29) is 11.6 Å². The molecule has 1 N–H and O–H groups in total. The fourth-order valence-electron chi connectivity index (χ4n) is 2.42. The fourth-order valence-corrected chi connectivity index (χ4v) is 3.29. The van der Waals surface area contributed by atoms with Crippen LogP contribution in [0.25, 0.3) is 16.4 Å². The average molecular weight is 377 g/mol. The predicted octanol–water partition coefficient (Wildman–Crippen LogP) is 2.15. The van der Waals surface area contributed by atoms with Crippen LogP contribution in [0.3, 0.4) is 0 Å². The lowest BCUT2D eigenvalue weighted by Crippen LogP contribution is -2.27. The van der Waals surface area contributed by atoms with Crippen molar-refractivity contribution in [1.29, 1.82) is 0 Å². The van der Waals surface area contributed by atoms with Crippen molar-refractivity contribution in [3.8, 4) is 16.4 Å². The van der Waals surface area contributed by atoms with Gasteiger partial charge in [0.2, 0.25) is 0 Å². The fraction of sp³-hybridized carbons (Fsp3) is 0.111. The van der Waals surface area contributed by atoms with Crippen LogP contribution < -0.4 is 5.32 Å². The van der Waals surface area contributed by atoms with E-state index in [0.29, 0.717) is 18.8 Å². The number of rotatable bonds is 6. The molecule has 0 saturated heterocycles. The molecule has 3 aromatic heterocycles. The Balaban J connectivity index is 1.31. The van der Waals surface area contributed by atoms with E-state index in [4.69, 9.17) is 0 Å². The molecule has 8 nitrogen and oxygen atoms in total. The summed E-state index contributed by atoms with van der Waals surface area (Å²) in [5.41, 5.74) is 2.30. The third kappa shape index (κ3) is 4.04. The van der Waals surface area contributed by atoms with Crippen molar-refractivity contribution in [1.82, 2.24) is 35.3 Å². The Kier molecular flexibility index (Phi) is 4.93. The van der Waals surface area contributed by atoms with Crippen LogP contribution in [-0.4, -0.2) is 42.4 Å². The molecule has 0 aliphatic rings. The van der Waals surface area contributed by atoms with Gasteiger partial charge in [-0.15, -0.1) is 21.5 Å². The first-order valence-corrected chi connectivity index (χ1v) is 9.14. The van der Waals surface area contributed by atoms with Gasteiger partial charge in [0, 0.05) is 23.9 Å². The third-order valence-corrected chi connectivity index (χ3v) is 4.72. The van der Waals surface area contributed by atoms with E-state index in [9.17, 15) is 4.79 Å². The Morgan fingerprint density at radius 3 is 2.74 bits per heavy atom. The smallest absolute Gasteiger partial charge is 0.271 e. The number of benzene rings is 1. The van der Waals surface area contributed by atoms with Gasteiger partial charge in [-0.3, -0.25) is 4.79 Å². The predicted molar refractivity (Wildman–Crippen MR) is 101 cm³/mol. The van der Waals surface area contributed by atoms with Crippen molar-refractivity contribution in [3.05, 3.63) is 71.9 Å². The molecule has 1 aromatic carbocycles. The lowest BCUT2D eigenvalue weighted by Gasteiger charge is -2.04. The second kappa shape index (κ2) is 7.83. The molecule has 134 valence electrons. The maximum atomic E-state index is 12.2. The summed E-state index contributed by atoms with van der Waals surface area (Å²) in [5, 5.41) is 17.7. The zero-order chi connectivity index (χ0) is 18.5. The van der Waals surface area contributed by atoms with Crippen molar-refractivity contribution in [2.45, 2.75) is 6.42 Å². The van der Waals surface area contributed by atoms with Crippen molar-refractivity contribution in [3.63, 3.8) is 0 Å². The van der Waals surface area contributed by atoms with Crippen molar-refractivity contribution in [2.75, 3.05) is 6.54 Å². The first kappa shape index (κ1) is 17.0. The summed E-state index contributed by atoms with van der Waals surface area (Å²) in [6.07, 6.45) is 3.57. The van der Waals surface area contributed by atoms with Crippen LogP contribution in [-0.2, 0) is 6.42 Å². The molecule has 4 rings (SSSR count). The van der Waals surface area contributed by atoms with Gasteiger partial charge in [-0.2, -0.15) is 5.10 Å². The number of nitrogens with zero attached hydrogens (tertiary/aromatic N) is 6. The molecule has 1 amide bonds. The van der Waals surface area contributed by atoms with Crippen LogP contribution in [0.5, 0.6) is 0 Å². The summed E-state index contributed by atoms with van der Waals surface area (Å²) in [4.78, 5) is 20.7. The van der Waals surface area contributed by atoms with E-state index in [1.807, 2.05) is 35.7 Å². The zero-order valence-electron chi connectivity index (χ0n) is 14.2. The van der Waals surface area contributed by atoms with Gasteiger partial charge in [-0.05, 0) is 12.1 Å². The monoisotopic (exact) mass is 377 g/mol. The Hall–Kier alpha value is -3.46. The molecule has 0 fully saturated rings. The topological polar surface area (TPSA) is 98.5 Å². The molecular formula is C18H15N7OS. The normalized spacial score (nSPS) is 10.7. The summed E-state index contributed by atoms with van der Waals surface area (Å²) >= 11 is 1.60.